The summed E-state index contributed by atoms with van der Waals surface area (Å²) in [7, 11) is 0. The minimum Gasteiger partial charge on any atom is -0.381 e. The molecule has 0 spiro atoms. The fourth-order valence-electron chi connectivity index (χ4n) is 4.01. The molecular weight excluding hydrogens is 316 g/mol. The van der Waals surface area contributed by atoms with Crippen molar-refractivity contribution in [2.45, 2.75) is 44.6 Å². The van der Waals surface area contributed by atoms with E-state index in [0.717, 1.165) is 49.4 Å². The summed E-state index contributed by atoms with van der Waals surface area (Å²) in [6.45, 7) is 4.30. The van der Waals surface area contributed by atoms with Gasteiger partial charge in [0.15, 0.2) is 5.82 Å². The maximum atomic E-state index is 5.50. The number of hydrogen-bond acceptors (Lipinski definition) is 6. The van der Waals surface area contributed by atoms with Crippen LogP contribution in [0.4, 0.5) is 0 Å². The van der Waals surface area contributed by atoms with E-state index in [2.05, 4.69) is 20.0 Å². The number of pyridine rings is 1. The Kier molecular flexibility index (Phi) is 5.37. The summed E-state index contributed by atoms with van der Waals surface area (Å²) in [5.41, 5.74) is 0.879. The van der Waals surface area contributed by atoms with Crippen molar-refractivity contribution in [3.63, 3.8) is 0 Å². The second-order valence-electron chi connectivity index (χ2n) is 7.14. The van der Waals surface area contributed by atoms with Crippen LogP contribution in [0.3, 0.4) is 0 Å². The van der Waals surface area contributed by atoms with Crippen molar-refractivity contribution in [3.05, 3.63) is 30.4 Å². The average Bonchev–Trinajstić information content (AvgIpc) is 3.17. The Morgan fingerprint density at radius 1 is 1.20 bits per heavy atom. The van der Waals surface area contributed by atoms with E-state index in [1.165, 1.54) is 38.8 Å². The van der Waals surface area contributed by atoms with Crippen LogP contribution in [-0.2, 0) is 11.2 Å². The van der Waals surface area contributed by atoms with Gasteiger partial charge in [0.2, 0.25) is 0 Å². The monoisotopic (exact) mass is 342 g/mol. The van der Waals surface area contributed by atoms with E-state index in [4.69, 9.17) is 9.26 Å². The number of rotatable bonds is 5. The van der Waals surface area contributed by atoms with Gasteiger partial charge in [-0.3, -0.25) is 9.88 Å². The number of aromatic nitrogens is 3. The molecule has 2 aromatic rings. The molecule has 4 heterocycles. The Morgan fingerprint density at radius 3 is 2.96 bits per heavy atom. The average molecular weight is 342 g/mol. The van der Waals surface area contributed by atoms with Crippen LogP contribution in [0.2, 0.25) is 0 Å². The van der Waals surface area contributed by atoms with Crippen molar-refractivity contribution in [2.75, 3.05) is 26.3 Å². The molecule has 25 heavy (non-hydrogen) atoms. The van der Waals surface area contributed by atoms with Crippen molar-refractivity contribution in [2.24, 2.45) is 5.92 Å². The third-order valence-corrected chi connectivity index (χ3v) is 5.41. The van der Waals surface area contributed by atoms with Crippen LogP contribution >= 0.6 is 0 Å². The lowest BCUT2D eigenvalue weighted by molar-refractivity contribution is 0.0169. The number of aryl methyl sites for hydroxylation is 1. The van der Waals surface area contributed by atoms with Gasteiger partial charge >= 0.3 is 0 Å². The van der Waals surface area contributed by atoms with Gasteiger partial charge in [-0.1, -0.05) is 5.16 Å². The largest absolute Gasteiger partial charge is 0.381 e. The second kappa shape index (κ2) is 8.06. The summed E-state index contributed by atoms with van der Waals surface area (Å²) in [6, 6.07) is 4.54. The predicted octanol–water partition coefficient (Wildman–Crippen LogP) is 2.96. The molecule has 0 N–H and O–H groups in total. The van der Waals surface area contributed by atoms with Crippen molar-refractivity contribution in [3.8, 4) is 11.5 Å². The van der Waals surface area contributed by atoms with Gasteiger partial charge in [-0.05, 0) is 56.7 Å². The first-order chi connectivity index (χ1) is 12.4. The van der Waals surface area contributed by atoms with E-state index >= 15 is 0 Å². The number of ether oxygens (including phenoxy) is 1. The van der Waals surface area contributed by atoms with Crippen molar-refractivity contribution < 1.29 is 9.26 Å². The van der Waals surface area contributed by atoms with Crippen LogP contribution in [0.15, 0.2) is 29.0 Å². The Labute approximate surface area is 148 Å². The maximum absolute atomic E-state index is 5.50. The highest BCUT2D eigenvalue weighted by Gasteiger charge is 2.27. The van der Waals surface area contributed by atoms with Gasteiger partial charge in [0, 0.05) is 44.6 Å². The molecule has 2 aliphatic heterocycles. The number of hydrogen-bond donors (Lipinski definition) is 0. The zero-order valence-electron chi connectivity index (χ0n) is 14.6. The third kappa shape index (κ3) is 4.25. The highest BCUT2D eigenvalue weighted by Crippen LogP contribution is 2.26. The Hall–Kier alpha value is -1.79. The minimum atomic E-state index is 0.565. The van der Waals surface area contributed by atoms with Gasteiger partial charge in [-0.15, -0.1) is 0 Å². The van der Waals surface area contributed by atoms with E-state index in [-0.39, 0.29) is 0 Å². The van der Waals surface area contributed by atoms with Gasteiger partial charge in [0.05, 0.1) is 5.56 Å². The summed E-state index contributed by atoms with van der Waals surface area (Å²) in [5.74, 6) is 2.11. The molecule has 0 bridgehead atoms. The summed E-state index contributed by atoms with van der Waals surface area (Å²) in [4.78, 5) is 11.3. The van der Waals surface area contributed by atoms with Crippen LogP contribution in [0.5, 0.6) is 0 Å². The highest BCUT2D eigenvalue weighted by atomic mass is 16.5. The Balaban J connectivity index is 1.30. The molecule has 0 aliphatic carbocycles. The van der Waals surface area contributed by atoms with Crippen molar-refractivity contribution in [1.82, 2.24) is 20.0 Å². The topological polar surface area (TPSA) is 64.3 Å². The maximum Gasteiger partial charge on any atom is 0.259 e. The van der Waals surface area contributed by atoms with E-state index in [0.29, 0.717) is 5.89 Å². The smallest absolute Gasteiger partial charge is 0.259 e. The molecule has 4 rings (SSSR count). The standard InChI is InChI=1S/C19H26N4O2/c1-4-16(13-20-9-1)19-21-18(22-25-19)6-5-15-3-2-10-23(14-15)17-7-11-24-12-8-17/h1,4,9,13,15,17H,2-3,5-8,10-12,14H2. The van der Waals surface area contributed by atoms with Gasteiger partial charge in [0.25, 0.3) is 5.89 Å². The summed E-state index contributed by atoms with van der Waals surface area (Å²) in [6.07, 6.45) is 10.5. The molecule has 0 amide bonds. The van der Waals surface area contributed by atoms with Gasteiger partial charge in [-0.25, -0.2) is 0 Å². The zero-order chi connectivity index (χ0) is 16.9. The molecule has 2 aliphatic rings. The number of likely N-dealkylation sites (tertiary alicyclic amines) is 1. The third-order valence-electron chi connectivity index (χ3n) is 5.41. The predicted molar refractivity (Wildman–Crippen MR) is 94.0 cm³/mol. The van der Waals surface area contributed by atoms with E-state index in [1.807, 2.05) is 12.1 Å². The Bertz CT molecular complexity index is 654. The molecule has 6 heteroatoms. The lowest BCUT2D eigenvalue weighted by atomic mass is 9.91. The first-order valence-electron chi connectivity index (χ1n) is 9.43. The van der Waals surface area contributed by atoms with Crippen molar-refractivity contribution in [1.29, 1.82) is 0 Å². The van der Waals surface area contributed by atoms with Crippen molar-refractivity contribution >= 4 is 0 Å². The van der Waals surface area contributed by atoms with E-state index in [9.17, 15) is 0 Å². The lowest BCUT2D eigenvalue weighted by Gasteiger charge is -2.40. The SMILES string of the molecule is c1cncc(-c2nc(CCC3CCCN(C4CCOCC4)C3)no2)c1. The molecule has 1 unspecified atom stereocenters. The summed E-state index contributed by atoms with van der Waals surface area (Å²) >= 11 is 0. The molecule has 2 fully saturated rings. The molecule has 6 nitrogen and oxygen atoms in total. The number of piperidine rings is 1. The molecule has 0 saturated carbocycles. The second-order valence-corrected chi connectivity index (χ2v) is 7.14. The summed E-state index contributed by atoms with van der Waals surface area (Å²) in [5, 5.41) is 4.14. The van der Waals surface area contributed by atoms with E-state index in [1.54, 1.807) is 12.4 Å². The van der Waals surface area contributed by atoms with Crippen LogP contribution in [0.25, 0.3) is 11.5 Å². The van der Waals surface area contributed by atoms with Crippen LogP contribution in [-0.4, -0.2) is 52.4 Å². The highest BCUT2D eigenvalue weighted by molar-refractivity contribution is 5.50. The molecule has 134 valence electrons. The molecule has 0 radical (unpaired) electrons. The van der Waals surface area contributed by atoms with Crippen LogP contribution in [0, 0.1) is 5.92 Å². The molecule has 2 aromatic heterocycles. The fraction of sp³-hybridized carbons (Fsp3) is 0.632. The van der Waals surface area contributed by atoms with Gasteiger partial charge in [0.1, 0.15) is 0 Å². The molecule has 2 saturated heterocycles. The Morgan fingerprint density at radius 2 is 2.12 bits per heavy atom. The van der Waals surface area contributed by atoms with Crippen LogP contribution in [0.1, 0.15) is 37.9 Å². The summed E-state index contributed by atoms with van der Waals surface area (Å²) < 4.78 is 10.9. The first-order valence-corrected chi connectivity index (χ1v) is 9.43. The molecular formula is C19H26N4O2. The molecule has 1 atom stereocenters. The first kappa shape index (κ1) is 16.7. The fourth-order valence-corrected chi connectivity index (χ4v) is 4.01. The number of nitrogens with zero attached hydrogens (tertiary/aromatic N) is 4. The normalized spacial score (nSPS) is 23.0. The zero-order valence-corrected chi connectivity index (χ0v) is 14.6. The molecule has 0 aromatic carbocycles. The van der Waals surface area contributed by atoms with E-state index < -0.39 is 0 Å². The lowest BCUT2D eigenvalue weighted by Crippen LogP contribution is -2.45. The van der Waals surface area contributed by atoms with Crippen LogP contribution < -0.4 is 0 Å². The van der Waals surface area contributed by atoms with Gasteiger partial charge in [-0.2, -0.15) is 4.98 Å². The quantitative estimate of drug-likeness (QED) is 0.832. The minimum absolute atomic E-state index is 0.565. The van der Waals surface area contributed by atoms with Gasteiger partial charge < -0.3 is 9.26 Å².